The van der Waals surface area contributed by atoms with Gasteiger partial charge in [0.2, 0.25) is 5.91 Å². The number of hydrogen-bond donors (Lipinski definition) is 1. The van der Waals surface area contributed by atoms with Gasteiger partial charge in [-0.3, -0.25) is 4.79 Å². The Morgan fingerprint density at radius 3 is 2.60 bits per heavy atom. The summed E-state index contributed by atoms with van der Waals surface area (Å²) in [5, 5.41) is 0. The van der Waals surface area contributed by atoms with E-state index in [9.17, 15) is 9.59 Å². The molecule has 1 aliphatic carbocycles. The smallest absolute Gasteiger partial charge is 0.331 e. The predicted octanol–water partition coefficient (Wildman–Crippen LogP) is 0.0892. The number of carbonyl (C=O) groups is 2. The Bertz CT molecular complexity index is 434. The number of esters is 1. The van der Waals surface area contributed by atoms with E-state index in [2.05, 4.69) is 6.92 Å². The van der Waals surface area contributed by atoms with Gasteiger partial charge in [0.15, 0.2) is 6.04 Å². The topological polar surface area (TPSA) is 81.9 Å². The Balaban J connectivity index is 2.21. The predicted molar refractivity (Wildman–Crippen MR) is 76.0 cm³/mol. The number of carbonyl (C=O) groups excluding carboxylic acids is 2. The van der Waals surface area contributed by atoms with E-state index in [4.69, 9.17) is 27.4 Å². The highest BCUT2D eigenvalue weighted by Crippen LogP contribution is 2.47. The maximum absolute atomic E-state index is 12.8. The third-order valence-electron chi connectivity index (χ3n) is 4.14. The summed E-state index contributed by atoms with van der Waals surface area (Å²) in [5.41, 5.74) is 5.00. The lowest BCUT2D eigenvalue weighted by molar-refractivity contribution is -0.166. The first-order valence-electron chi connectivity index (χ1n) is 6.69. The average molecular weight is 300 g/mol. The van der Waals surface area contributed by atoms with Gasteiger partial charge in [0, 0.05) is 6.54 Å². The molecule has 0 aromatic rings. The molecule has 112 valence electrons. The molecule has 0 bridgehead atoms. The molecular weight excluding hydrogens is 280 g/mol. The summed E-state index contributed by atoms with van der Waals surface area (Å²) in [6, 6.07) is -0.705. The molecule has 0 spiro atoms. The van der Waals surface area contributed by atoms with Crippen LogP contribution in [0.25, 0.3) is 0 Å². The largest absolute Gasteiger partial charge is 0.467 e. The molecule has 1 saturated carbocycles. The van der Waals surface area contributed by atoms with Crippen LogP contribution >= 0.6 is 12.2 Å². The number of nitrogens with zero attached hydrogens (tertiary/aromatic N) is 1. The van der Waals surface area contributed by atoms with Crippen molar-refractivity contribution in [2.75, 3.05) is 26.9 Å². The molecule has 2 fully saturated rings. The minimum absolute atomic E-state index is 0.154. The molecule has 1 unspecified atom stereocenters. The molecule has 1 saturated heterocycles. The van der Waals surface area contributed by atoms with Gasteiger partial charge in [0.05, 0.1) is 30.7 Å². The van der Waals surface area contributed by atoms with E-state index >= 15 is 0 Å². The Kier molecular flexibility index (Phi) is 4.29. The van der Waals surface area contributed by atoms with Crippen molar-refractivity contribution < 1.29 is 19.1 Å². The zero-order valence-corrected chi connectivity index (χ0v) is 12.6. The number of rotatable bonds is 3. The van der Waals surface area contributed by atoms with Gasteiger partial charge < -0.3 is 20.1 Å². The van der Waals surface area contributed by atoms with E-state index in [1.165, 1.54) is 12.0 Å². The van der Waals surface area contributed by atoms with Crippen molar-refractivity contribution in [3.63, 3.8) is 0 Å². The number of hydrogen-bond acceptors (Lipinski definition) is 5. The highest BCUT2D eigenvalue weighted by molar-refractivity contribution is 7.80. The van der Waals surface area contributed by atoms with Crippen molar-refractivity contribution in [3.8, 4) is 0 Å². The Morgan fingerprint density at radius 1 is 1.45 bits per heavy atom. The number of ether oxygens (including phenoxy) is 2. The van der Waals surface area contributed by atoms with Gasteiger partial charge in [0.1, 0.15) is 0 Å². The summed E-state index contributed by atoms with van der Waals surface area (Å²) in [5.74, 6) is -0.219. The quantitative estimate of drug-likeness (QED) is 0.587. The molecule has 0 aromatic carbocycles. The van der Waals surface area contributed by atoms with E-state index < -0.39 is 17.4 Å². The Hall–Kier alpha value is -1.21. The molecule has 2 aliphatic rings. The van der Waals surface area contributed by atoms with Crippen molar-refractivity contribution in [1.29, 1.82) is 0 Å². The molecule has 2 rings (SSSR count). The second-order valence-electron chi connectivity index (χ2n) is 5.57. The van der Waals surface area contributed by atoms with Crippen LogP contribution < -0.4 is 5.73 Å². The molecule has 1 amide bonds. The molecule has 6 nitrogen and oxygen atoms in total. The third kappa shape index (κ3) is 2.40. The van der Waals surface area contributed by atoms with Crippen molar-refractivity contribution in [3.05, 3.63) is 0 Å². The summed E-state index contributed by atoms with van der Waals surface area (Å²) in [7, 11) is 1.30. The van der Waals surface area contributed by atoms with Gasteiger partial charge in [-0.25, -0.2) is 4.79 Å². The summed E-state index contributed by atoms with van der Waals surface area (Å²) < 4.78 is 10.0. The zero-order chi connectivity index (χ0) is 14.9. The van der Waals surface area contributed by atoms with Gasteiger partial charge in [0.25, 0.3) is 0 Å². The van der Waals surface area contributed by atoms with E-state index in [0.717, 1.165) is 0 Å². The number of methoxy groups -OCH3 is 1. The van der Waals surface area contributed by atoms with E-state index in [1.807, 2.05) is 0 Å². The summed E-state index contributed by atoms with van der Waals surface area (Å²) >= 11 is 5.09. The van der Waals surface area contributed by atoms with Crippen LogP contribution in [-0.2, 0) is 19.1 Å². The van der Waals surface area contributed by atoms with Crippen LogP contribution in [0.5, 0.6) is 0 Å². The lowest BCUT2D eigenvalue weighted by Crippen LogP contribution is -2.62. The van der Waals surface area contributed by atoms with Crippen molar-refractivity contribution >= 4 is 29.1 Å². The normalized spacial score (nSPS) is 33.2. The highest BCUT2D eigenvalue weighted by Gasteiger charge is 2.54. The van der Waals surface area contributed by atoms with E-state index in [1.54, 1.807) is 0 Å². The van der Waals surface area contributed by atoms with Crippen LogP contribution in [0.1, 0.15) is 19.8 Å². The number of morpholine rings is 1. The Labute approximate surface area is 123 Å². The maximum atomic E-state index is 12.8. The lowest BCUT2D eigenvalue weighted by atomic mass is 9.61. The van der Waals surface area contributed by atoms with Gasteiger partial charge in [-0.2, -0.15) is 0 Å². The first kappa shape index (κ1) is 15.2. The van der Waals surface area contributed by atoms with Crippen LogP contribution in [0.3, 0.4) is 0 Å². The molecule has 1 aliphatic heterocycles. The van der Waals surface area contributed by atoms with Crippen molar-refractivity contribution in [2.24, 2.45) is 17.1 Å². The molecule has 20 heavy (non-hydrogen) atoms. The average Bonchev–Trinajstić information content (AvgIpc) is 2.41. The maximum Gasteiger partial charge on any atom is 0.331 e. The second-order valence-corrected chi connectivity index (χ2v) is 6.01. The number of amides is 1. The summed E-state index contributed by atoms with van der Waals surface area (Å²) in [6.07, 6.45) is 1.29. The standard InChI is InChI=1S/C13H20N2O4S/c1-8-5-13(6-8,11(14)20)12(17)15-3-4-19-7-9(15)10(16)18-2/h8-9H,3-7H2,1-2H3,(H2,14,20). The molecule has 0 aromatic heterocycles. The SMILES string of the molecule is COC(=O)C1COCCN1C(=O)C1(C(N)=S)CC(C)C1. The Morgan fingerprint density at radius 2 is 2.10 bits per heavy atom. The second kappa shape index (κ2) is 5.65. The van der Waals surface area contributed by atoms with Gasteiger partial charge >= 0.3 is 5.97 Å². The number of thiocarbonyl (C=S) groups is 1. The van der Waals surface area contributed by atoms with Crippen LogP contribution in [0.2, 0.25) is 0 Å². The molecule has 2 N–H and O–H groups in total. The molecule has 0 radical (unpaired) electrons. The van der Waals surface area contributed by atoms with Crippen LogP contribution in [0.15, 0.2) is 0 Å². The molecular formula is C13H20N2O4S. The first-order chi connectivity index (χ1) is 9.42. The van der Waals surface area contributed by atoms with Crippen LogP contribution in [-0.4, -0.2) is 54.7 Å². The fourth-order valence-electron chi connectivity index (χ4n) is 3.06. The van der Waals surface area contributed by atoms with Gasteiger partial charge in [-0.1, -0.05) is 19.1 Å². The summed E-state index contributed by atoms with van der Waals surface area (Å²) in [6.45, 7) is 2.97. The zero-order valence-electron chi connectivity index (χ0n) is 11.8. The molecule has 7 heteroatoms. The van der Waals surface area contributed by atoms with Crippen molar-refractivity contribution in [2.45, 2.75) is 25.8 Å². The summed E-state index contributed by atoms with van der Waals surface area (Å²) in [4.78, 5) is 26.3. The fourth-order valence-corrected chi connectivity index (χ4v) is 3.32. The van der Waals surface area contributed by atoms with Gasteiger partial charge in [-0.05, 0) is 18.8 Å². The minimum Gasteiger partial charge on any atom is -0.467 e. The van der Waals surface area contributed by atoms with Crippen LogP contribution in [0, 0.1) is 11.3 Å². The van der Waals surface area contributed by atoms with Crippen LogP contribution in [0.4, 0.5) is 0 Å². The van der Waals surface area contributed by atoms with E-state index in [0.29, 0.717) is 31.9 Å². The molecule has 1 heterocycles. The monoisotopic (exact) mass is 300 g/mol. The van der Waals surface area contributed by atoms with Gasteiger partial charge in [-0.15, -0.1) is 0 Å². The van der Waals surface area contributed by atoms with E-state index in [-0.39, 0.29) is 17.5 Å². The van der Waals surface area contributed by atoms with Crippen molar-refractivity contribution in [1.82, 2.24) is 4.90 Å². The lowest BCUT2D eigenvalue weighted by Gasteiger charge is -2.48. The fraction of sp³-hybridized carbons (Fsp3) is 0.769. The first-order valence-corrected chi connectivity index (χ1v) is 7.09. The number of nitrogens with two attached hydrogens (primary N) is 1. The highest BCUT2D eigenvalue weighted by atomic mass is 32.1. The third-order valence-corrected chi connectivity index (χ3v) is 4.53. The molecule has 1 atom stereocenters. The minimum atomic E-state index is -0.793.